The van der Waals surface area contributed by atoms with E-state index in [-0.39, 0.29) is 18.9 Å². The van der Waals surface area contributed by atoms with Crippen LogP contribution in [0.5, 0.6) is 0 Å². The fourth-order valence-electron chi connectivity index (χ4n) is 2.92. The number of alkyl halides is 3. The molecule has 1 aromatic carbocycles. The molecule has 1 heterocycles. The van der Waals surface area contributed by atoms with E-state index in [1.165, 1.54) is 0 Å². The lowest BCUT2D eigenvalue weighted by Gasteiger charge is -2.25. The third-order valence-electron chi connectivity index (χ3n) is 4.30. The maximum absolute atomic E-state index is 12.6. The average Bonchev–Trinajstić information content (AvgIpc) is 3.03. The van der Waals surface area contributed by atoms with Gasteiger partial charge in [0, 0.05) is 13.1 Å². The molecule has 24 heavy (non-hydrogen) atoms. The number of likely N-dealkylation sites (tertiary alicyclic amines) is 1. The molecule has 1 saturated heterocycles. The summed E-state index contributed by atoms with van der Waals surface area (Å²) in [5.74, 6) is -2.22. The van der Waals surface area contributed by atoms with E-state index in [0.717, 1.165) is 5.56 Å². The molecule has 7 heteroatoms. The smallest absolute Gasteiger partial charge is 0.354 e. The van der Waals surface area contributed by atoms with Gasteiger partial charge in [0.05, 0.1) is 0 Å². The van der Waals surface area contributed by atoms with Crippen LogP contribution in [0.3, 0.4) is 0 Å². The molecule has 2 unspecified atom stereocenters. The van der Waals surface area contributed by atoms with Crippen molar-refractivity contribution >= 4 is 11.8 Å². The minimum Gasteiger partial charge on any atom is -0.354 e. The zero-order valence-corrected chi connectivity index (χ0v) is 13.5. The number of carbonyl (C=O) groups excluding carboxylic acids is 2. The number of nitrogens with one attached hydrogen (secondary N) is 1. The van der Waals surface area contributed by atoms with E-state index in [4.69, 9.17) is 0 Å². The number of halogens is 3. The fourth-order valence-corrected chi connectivity index (χ4v) is 2.92. The van der Waals surface area contributed by atoms with E-state index >= 15 is 0 Å². The van der Waals surface area contributed by atoms with Crippen LogP contribution in [0.2, 0.25) is 0 Å². The SMILES string of the molecule is CC(CCNC(=O)C1CCCN1C(=O)C(F)(F)F)c1ccccc1. The van der Waals surface area contributed by atoms with E-state index in [1.54, 1.807) is 0 Å². The van der Waals surface area contributed by atoms with Crippen molar-refractivity contribution < 1.29 is 22.8 Å². The molecule has 0 saturated carbocycles. The van der Waals surface area contributed by atoms with Gasteiger partial charge in [0.2, 0.25) is 5.91 Å². The van der Waals surface area contributed by atoms with Gasteiger partial charge in [0.25, 0.3) is 0 Å². The number of hydrogen-bond donors (Lipinski definition) is 1. The molecule has 2 rings (SSSR count). The Balaban J connectivity index is 1.85. The Bertz CT molecular complexity index is 575. The number of carbonyl (C=O) groups is 2. The first-order chi connectivity index (χ1) is 11.3. The molecule has 1 aromatic rings. The number of rotatable bonds is 5. The normalized spacial score (nSPS) is 19.2. The minimum atomic E-state index is -4.94. The molecule has 132 valence electrons. The molecular formula is C17H21F3N2O2. The Hall–Kier alpha value is -2.05. The summed E-state index contributed by atoms with van der Waals surface area (Å²) in [4.78, 5) is 24.1. The molecule has 0 aromatic heterocycles. The summed E-state index contributed by atoms with van der Waals surface area (Å²) < 4.78 is 37.7. The van der Waals surface area contributed by atoms with Crippen molar-refractivity contribution in [1.82, 2.24) is 10.2 Å². The maximum atomic E-state index is 12.6. The van der Waals surface area contributed by atoms with E-state index in [1.807, 2.05) is 37.3 Å². The van der Waals surface area contributed by atoms with Crippen molar-refractivity contribution in [2.24, 2.45) is 0 Å². The van der Waals surface area contributed by atoms with Gasteiger partial charge in [-0.05, 0) is 30.7 Å². The Morgan fingerprint density at radius 1 is 1.29 bits per heavy atom. The quantitative estimate of drug-likeness (QED) is 0.895. The summed E-state index contributed by atoms with van der Waals surface area (Å²) in [6.07, 6.45) is -3.59. The Morgan fingerprint density at radius 3 is 2.58 bits per heavy atom. The molecule has 0 spiro atoms. The summed E-state index contributed by atoms with van der Waals surface area (Å²) in [5.41, 5.74) is 1.14. The molecule has 0 radical (unpaired) electrons. The highest BCUT2D eigenvalue weighted by Crippen LogP contribution is 2.26. The van der Waals surface area contributed by atoms with Gasteiger partial charge in [0.1, 0.15) is 6.04 Å². The zero-order chi connectivity index (χ0) is 17.7. The molecule has 1 N–H and O–H groups in total. The molecule has 1 aliphatic heterocycles. The van der Waals surface area contributed by atoms with E-state index in [9.17, 15) is 22.8 Å². The van der Waals surface area contributed by atoms with Gasteiger partial charge in [-0.1, -0.05) is 37.3 Å². The predicted molar refractivity (Wildman–Crippen MR) is 83.3 cm³/mol. The first kappa shape index (κ1) is 18.3. The fraction of sp³-hybridized carbons (Fsp3) is 0.529. The Kier molecular flexibility index (Phi) is 5.85. The largest absolute Gasteiger partial charge is 0.471 e. The first-order valence-electron chi connectivity index (χ1n) is 8.01. The minimum absolute atomic E-state index is 0.0309. The summed E-state index contributed by atoms with van der Waals surface area (Å²) >= 11 is 0. The van der Waals surface area contributed by atoms with Crippen molar-refractivity contribution in [2.75, 3.05) is 13.1 Å². The van der Waals surface area contributed by atoms with Gasteiger partial charge in [-0.25, -0.2) is 0 Å². The molecule has 1 aliphatic rings. The van der Waals surface area contributed by atoms with Crippen LogP contribution in [0.25, 0.3) is 0 Å². The summed E-state index contributed by atoms with van der Waals surface area (Å²) in [7, 11) is 0. The summed E-state index contributed by atoms with van der Waals surface area (Å²) in [5, 5.41) is 2.66. The zero-order valence-electron chi connectivity index (χ0n) is 13.5. The van der Waals surface area contributed by atoms with Crippen LogP contribution >= 0.6 is 0 Å². The van der Waals surface area contributed by atoms with E-state index in [0.29, 0.717) is 24.3 Å². The number of hydrogen-bond acceptors (Lipinski definition) is 2. The van der Waals surface area contributed by atoms with Crippen LogP contribution in [-0.2, 0) is 9.59 Å². The number of amides is 2. The van der Waals surface area contributed by atoms with Crippen molar-refractivity contribution in [2.45, 2.75) is 44.3 Å². The number of nitrogens with zero attached hydrogens (tertiary/aromatic N) is 1. The van der Waals surface area contributed by atoms with Crippen molar-refractivity contribution in [3.63, 3.8) is 0 Å². The van der Waals surface area contributed by atoms with Crippen LogP contribution in [0.1, 0.15) is 37.7 Å². The highest BCUT2D eigenvalue weighted by Gasteiger charge is 2.47. The Morgan fingerprint density at radius 2 is 1.96 bits per heavy atom. The third kappa shape index (κ3) is 4.49. The van der Waals surface area contributed by atoms with Crippen LogP contribution in [0.4, 0.5) is 13.2 Å². The topological polar surface area (TPSA) is 49.4 Å². The molecule has 1 fully saturated rings. The molecule has 0 bridgehead atoms. The molecule has 2 amide bonds. The third-order valence-corrected chi connectivity index (χ3v) is 4.30. The van der Waals surface area contributed by atoms with Crippen LogP contribution < -0.4 is 5.32 Å². The predicted octanol–water partition coefficient (Wildman–Crippen LogP) is 2.85. The van der Waals surface area contributed by atoms with Gasteiger partial charge in [0.15, 0.2) is 0 Å². The lowest BCUT2D eigenvalue weighted by Crippen LogP contribution is -2.50. The second-order valence-corrected chi connectivity index (χ2v) is 6.05. The van der Waals surface area contributed by atoms with Gasteiger partial charge in [-0.3, -0.25) is 9.59 Å². The monoisotopic (exact) mass is 342 g/mol. The van der Waals surface area contributed by atoms with Crippen LogP contribution in [-0.4, -0.2) is 42.0 Å². The lowest BCUT2D eigenvalue weighted by molar-refractivity contribution is -0.186. The second kappa shape index (κ2) is 7.68. The molecule has 4 nitrogen and oxygen atoms in total. The van der Waals surface area contributed by atoms with Gasteiger partial charge in [-0.15, -0.1) is 0 Å². The van der Waals surface area contributed by atoms with Crippen molar-refractivity contribution in [3.8, 4) is 0 Å². The molecule has 2 atom stereocenters. The van der Waals surface area contributed by atoms with Gasteiger partial charge >= 0.3 is 12.1 Å². The Labute approximate surface area is 139 Å². The highest BCUT2D eigenvalue weighted by molar-refractivity contribution is 5.90. The maximum Gasteiger partial charge on any atom is 0.471 e. The molecule has 0 aliphatic carbocycles. The highest BCUT2D eigenvalue weighted by atomic mass is 19.4. The summed E-state index contributed by atoms with van der Waals surface area (Å²) in [6, 6.07) is 8.75. The average molecular weight is 342 g/mol. The van der Waals surface area contributed by atoms with E-state index in [2.05, 4.69) is 5.32 Å². The van der Waals surface area contributed by atoms with Crippen molar-refractivity contribution in [1.29, 1.82) is 0 Å². The molecular weight excluding hydrogens is 321 g/mol. The van der Waals surface area contributed by atoms with Gasteiger partial charge < -0.3 is 10.2 Å². The summed E-state index contributed by atoms with van der Waals surface area (Å²) in [6.45, 7) is 2.35. The number of benzene rings is 1. The lowest BCUT2D eigenvalue weighted by atomic mass is 9.98. The standard InChI is InChI=1S/C17H21F3N2O2/c1-12(13-6-3-2-4-7-13)9-10-21-15(23)14-8-5-11-22(14)16(24)17(18,19)20/h2-4,6-7,12,14H,5,8-11H2,1H3,(H,21,23). The van der Waals surface area contributed by atoms with Gasteiger partial charge in [-0.2, -0.15) is 13.2 Å². The first-order valence-corrected chi connectivity index (χ1v) is 8.01. The van der Waals surface area contributed by atoms with Crippen LogP contribution in [0.15, 0.2) is 30.3 Å². The van der Waals surface area contributed by atoms with Crippen molar-refractivity contribution in [3.05, 3.63) is 35.9 Å². The van der Waals surface area contributed by atoms with Crippen LogP contribution in [0, 0.1) is 0 Å². The second-order valence-electron chi connectivity index (χ2n) is 6.05. The van der Waals surface area contributed by atoms with E-state index < -0.39 is 24.0 Å².